The first kappa shape index (κ1) is 13.3. The summed E-state index contributed by atoms with van der Waals surface area (Å²) in [6.45, 7) is 3.34. The van der Waals surface area contributed by atoms with Gasteiger partial charge in [0.05, 0.1) is 17.2 Å². The molecule has 0 unspecified atom stereocenters. The lowest BCUT2D eigenvalue weighted by Crippen LogP contribution is -2.21. The van der Waals surface area contributed by atoms with Gasteiger partial charge in [0.1, 0.15) is 5.82 Å². The minimum atomic E-state index is 0.797. The number of benzene rings is 1. The predicted octanol–water partition coefficient (Wildman–Crippen LogP) is 4.26. The van der Waals surface area contributed by atoms with E-state index < -0.39 is 0 Å². The van der Waals surface area contributed by atoms with Crippen LogP contribution in [0.4, 0.5) is 5.82 Å². The number of rotatable bonds is 4. The fourth-order valence-corrected chi connectivity index (χ4v) is 3.14. The molecule has 0 atom stereocenters. The topological polar surface area (TPSA) is 37.8 Å². The molecule has 0 amide bonds. The van der Waals surface area contributed by atoms with Crippen molar-refractivity contribution >= 4 is 16.9 Å². The maximum Gasteiger partial charge on any atom is 0.145 e. The average Bonchev–Trinajstić information content (AvgIpc) is 2.53. The van der Waals surface area contributed by atoms with Crippen molar-refractivity contribution < 1.29 is 0 Å². The van der Waals surface area contributed by atoms with Gasteiger partial charge in [-0.25, -0.2) is 4.98 Å². The molecule has 0 aliphatic heterocycles. The second kappa shape index (κ2) is 6.21. The number of para-hydroxylation sites is 2. The smallest absolute Gasteiger partial charge is 0.145 e. The van der Waals surface area contributed by atoms with Crippen LogP contribution in [-0.4, -0.2) is 16.5 Å². The fraction of sp³-hybridized carbons (Fsp3) is 0.529. The maximum atomic E-state index is 4.62. The molecular weight excluding hydrogens is 246 g/mol. The molecule has 0 saturated heterocycles. The van der Waals surface area contributed by atoms with Gasteiger partial charge >= 0.3 is 0 Å². The maximum absolute atomic E-state index is 4.62. The lowest BCUT2D eigenvalue weighted by atomic mass is 9.81. The summed E-state index contributed by atoms with van der Waals surface area (Å²) in [5.41, 5.74) is 1.92. The number of fused-ring (bicyclic) bond motifs is 1. The molecule has 1 aromatic heterocycles. The quantitative estimate of drug-likeness (QED) is 0.901. The van der Waals surface area contributed by atoms with E-state index in [1.165, 1.54) is 32.1 Å². The average molecular weight is 269 g/mol. The highest BCUT2D eigenvalue weighted by Gasteiger charge is 2.19. The lowest BCUT2D eigenvalue weighted by Gasteiger charge is -2.27. The molecule has 1 fully saturated rings. The van der Waals surface area contributed by atoms with E-state index in [1.54, 1.807) is 0 Å². The highest BCUT2D eigenvalue weighted by molar-refractivity contribution is 5.75. The summed E-state index contributed by atoms with van der Waals surface area (Å²) in [6, 6.07) is 8.02. The summed E-state index contributed by atoms with van der Waals surface area (Å²) in [7, 11) is 0. The zero-order valence-corrected chi connectivity index (χ0v) is 12.2. The molecule has 1 aromatic carbocycles. The highest BCUT2D eigenvalue weighted by Crippen LogP contribution is 2.30. The number of nitrogens with zero attached hydrogens (tertiary/aromatic N) is 2. The van der Waals surface area contributed by atoms with Crippen molar-refractivity contribution in [3.63, 3.8) is 0 Å². The second-order valence-corrected chi connectivity index (χ2v) is 5.92. The molecule has 106 valence electrons. The largest absolute Gasteiger partial charge is 0.368 e. The molecule has 2 aromatic rings. The van der Waals surface area contributed by atoms with Crippen LogP contribution in [0.3, 0.4) is 0 Å². The SMILES string of the molecule is CCC1CCC(CNc2cnc3ccccc3n2)CC1. The van der Waals surface area contributed by atoms with Crippen molar-refractivity contribution in [2.75, 3.05) is 11.9 Å². The van der Waals surface area contributed by atoms with Crippen LogP contribution in [0.1, 0.15) is 39.0 Å². The van der Waals surface area contributed by atoms with Crippen molar-refractivity contribution in [3.05, 3.63) is 30.5 Å². The Kier molecular flexibility index (Phi) is 4.14. The van der Waals surface area contributed by atoms with E-state index >= 15 is 0 Å². The van der Waals surface area contributed by atoms with Crippen LogP contribution < -0.4 is 5.32 Å². The molecule has 20 heavy (non-hydrogen) atoms. The van der Waals surface area contributed by atoms with Crippen molar-refractivity contribution in [2.45, 2.75) is 39.0 Å². The van der Waals surface area contributed by atoms with E-state index in [1.807, 2.05) is 30.5 Å². The van der Waals surface area contributed by atoms with Gasteiger partial charge in [0.2, 0.25) is 0 Å². The van der Waals surface area contributed by atoms with Crippen molar-refractivity contribution in [1.29, 1.82) is 0 Å². The van der Waals surface area contributed by atoms with E-state index in [9.17, 15) is 0 Å². The van der Waals surface area contributed by atoms with Gasteiger partial charge in [-0.1, -0.05) is 38.3 Å². The minimum Gasteiger partial charge on any atom is -0.368 e. The van der Waals surface area contributed by atoms with E-state index in [4.69, 9.17) is 0 Å². The Hall–Kier alpha value is -1.64. The van der Waals surface area contributed by atoms with Gasteiger partial charge in [-0.05, 0) is 36.8 Å². The molecule has 1 heterocycles. The molecule has 1 aliphatic rings. The van der Waals surface area contributed by atoms with E-state index in [0.717, 1.165) is 35.2 Å². The first-order chi connectivity index (χ1) is 9.85. The molecule has 0 radical (unpaired) electrons. The molecule has 1 aliphatic carbocycles. The minimum absolute atomic E-state index is 0.797. The van der Waals surface area contributed by atoms with Gasteiger partial charge in [-0.2, -0.15) is 0 Å². The number of hydrogen-bond acceptors (Lipinski definition) is 3. The summed E-state index contributed by atoms with van der Waals surface area (Å²) < 4.78 is 0. The van der Waals surface area contributed by atoms with E-state index in [2.05, 4.69) is 22.2 Å². The number of aromatic nitrogens is 2. The summed E-state index contributed by atoms with van der Waals surface area (Å²) in [5.74, 6) is 2.67. The van der Waals surface area contributed by atoms with Crippen LogP contribution in [0.2, 0.25) is 0 Å². The zero-order valence-electron chi connectivity index (χ0n) is 12.2. The molecule has 3 heteroatoms. The van der Waals surface area contributed by atoms with Gasteiger partial charge in [-0.3, -0.25) is 4.98 Å². The van der Waals surface area contributed by atoms with Crippen LogP contribution in [0.5, 0.6) is 0 Å². The highest BCUT2D eigenvalue weighted by atomic mass is 15.0. The van der Waals surface area contributed by atoms with Crippen LogP contribution >= 0.6 is 0 Å². The number of nitrogens with one attached hydrogen (secondary N) is 1. The van der Waals surface area contributed by atoms with Crippen LogP contribution in [0.15, 0.2) is 30.5 Å². The van der Waals surface area contributed by atoms with E-state index in [-0.39, 0.29) is 0 Å². The van der Waals surface area contributed by atoms with Crippen LogP contribution in [-0.2, 0) is 0 Å². The first-order valence-electron chi connectivity index (χ1n) is 7.81. The molecule has 0 bridgehead atoms. The summed E-state index contributed by atoms with van der Waals surface area (Å²) >= 11 is 0. The Morgan fingerprint density at radius 2 is 1.75 bits per heavy atom. The summed E-state index contributed by atoms with van der Waals surface area (Å²) in [6.07, 6.45) is 8.69. The normalized spacial score (nSPS) is 22.9. The lowest BCUT2D eigenvalue weighted by molar-refractivity contribution is 0.278. The predicted molar refractivity (Wildman–Crippen MR) is 83.8 cm³/mol. The Labute approximate surface area is 120 Å². The molecule has 1 saturated carbocycles. The molecule has 1 N–H and O–H groups in total. The van der Waals surface area contributed by atoms with Gasteiger partial charge in [0.25, 0.3) is 0 Å². The van der Waals surface area contributed by atoms with E-state index in [0.29, 0.717) is 0 Å². The van der Waals surface area contributed by atoms with Gasteiger partial charge in [0.15, 0.2) is 0 Å². The van der Waals surface area contributed by atoms with Crippen molar-refractivity contribution in [1.82, 2.24) is 9.97 Å². The van der Waals surface area contributed by atoms with Crippen LogP contribution in [0.25, 0.3) is 11.0 Å². The third-order valence-corrected chi connectivity index (χ3v) is 4.56. The number of hydrogen-bond donors (Lipinski definition) is 1. The summed E-state index contributed by atoms with van der Waals surface area (Å²) in [4.78, 5) is 9.06. The Bertz CT molecular complexity index is 559. The van der Waals surface area contributed by atoms with Gasteiger partial charge in [0, 0.05) is 6.54 Å². The standard InChI is InChI=1S/C17H23N3/c1-2-13-7-9-14(10-8-13)11-19-17-12-18-15-5-3-4-6-16(15)20-17/h3-6,12-14H,2,7-11H2,1H3,(H,19,20). The first-order valence-corrected chi connectivity index (χ1v) is 7.81. The Balaban J connectivity index is 1.57. The Morgan fingerprint density at radius 1 is 1.05 bits per heavy atom. The summed E-state index contributed by atoms with van der Waals surface area (Å²) in [5, 5.41) is 3.47. The van der Waals surface area contributed by atoms with Gasteiger partial charge in [-0.15, -0.1) is 0 Å². The number of anilines is 1. The molecule has 3 rings (SSSR count). The van der Waals surface area contributed by atoms with Crippen molar-refractivity contribution in [2.24, 2.45) is 11.8 Å². The second-order valence-electron chi connectivity index (χ2n) is 5.92. The monoisotopic (exact) mass is 269 g/mol. The van der Waals surface area contributed by atoms with Crippen molar-refractivity contribution in [3.8, 4) is 0 Å². The zero-order chi connectivity index (χ0) is 13.8. The molecule has 0 spiro atoms. The van der Waals surface area contributed by atoms with Gasteiger partial charge < -0.3 is 5.32 Å². The van der Waals surface area contributed by atoms with Crippen LogP contribution in [0, 0.1) is 11.8 Å². The fourth-order valence-electron chi connectivity index (χ4n) is 3.14. The third-order valence-electron chi connectivity index (χ3n) is 4.56. The molecule has 3 nitrogen and oxygen atoms in total. The third kappa shape index (κ3) is 3.09. The molecular formula is C17H23N3. The Morgan fingerprint density at radius 3 is 2.50 bits per heavy atom.